The topological polar surface area (TPSA) is 55.4 Å². The number of hydrogen-bond acceptors (Lipinski definition) is 3. The third-order valence-electron chi connectivity index (χ3n) is 2.18. The lowest BCUT2D eigenvalue weighted by Crippen LogP contribution is -2.36. The summed E-state index contributed by atoms with van der Waals surface area (Å²) in [5, 5.41) is 2.45. The summed E-state index contributed by atoms with van der Waals surface area (Å²) in [5.74, 6) is -0.630. The maximum Gasteiger partial charge on any atom is 0.408 e. The SMILES string of the molecule is CCC(=O)C(P)NC(=O)OCc1ccccc1. The van der Waals surface area contributed by atoms with E-state index in [1.54, 1.807) is 6.92 Å². The Hall–Kier alpha value is -1.41. The lowest BCUT2D eigenvalue weighted by atomic mass is 10.2. The first-order chi connectivity index (χ1) is 8.13. The summed E-state index contributed by atoms with van der Waals surface area (Å²) in [7, 11) is 2.28. The highest BCUT2D eigenvalue weighted by molar-refractivity contribution is 7.19. The summed E-state index contributed by atoms with van der Waals surface area (Å²) in [6.07, 6.45) is -0.205. The van der Waals surface area contributed by atoms with Crippen LogP contribution in [0.2, 0.25) is 0 Å². The normalized spacial score (nSPS) is 11.6. The summed E-state index contributed by atoms with van der Waals surface area (Å²) in [4.78, 5) is 22.6. The summed E-state index contributed by atoms with van der Waals surface area (Å²) >= 11 is 0. The Morgan fingerprint density at radius 2 is 2.00 bits per heavy atom. The van der Waals surface area contributed by atoms with E-state index in [1.165, 1.54) is 0 Å². The third kappa shape index (κ3) is 4.96. The molecule has 0 bridgehead atoms. The van der Waals surface area contributed by atoms with Gasteiger partial charge in [0.15, 0.2) is 5.78 Å². The zero-order chi connectivity index (χ0) is 12.7. The van der Waals surface area contributed by atoms with Crippen molar-refractivity contribution in [2.24, 2.45) is 0 Å². The van der Waals surface area contributed by atoms with Gasteiger partial charge in [0.05, 0.1) is 0 Å². The molecular formula is C12H16NO3P. The van der Waals surface area contributed by atoms with E-state index in [0.29, 0.717) is 6.42 Å². The molecule has 0 saturated carbocycles. The highest BCUT2D eigenvalue weighted by atomic mass is 31.0. The van der Waals surface area contributed by atoms with Gasteiger partial charge in [0.2, 0.25) is 0 Å². The van der Waals surface area contributed by atoms with Gasteiger partial charge in [0, 0.05) is 6.42 Å². The minimum atomic E-state index is -0.587. The van der Waals surface area contributed by atoms with Gasteiger partial charge in [-0.3, -0.25) is 4.79 Å². The van der Waals surface area contributed by atoms with Crippen molar-refractivity contribution in [2.75, 3.05) is 0 Å². The molecule has 2 atom stereocenters. The van der Waals surface area contributed by atoms with E-state index < -0.39 is 11.9 Å². The van der Waals surface area contributed by atoms with E-state index in [1.807, 2.05) is 30.3 Å². The lowest BCUT2D eigenvalue weighted by Gasteiger charge is -2.11. The van der Waals surface area contributed by atoms with Crippen molar-refractivity contribution in [2.45, 2.75) is 25.7 Å². The number of ether oxygens (including phenoxy) is 1. The van der Waals surface area contributed by atoms with Gasteiger partial charge >= 0.3 is 6.09 Å². The van der Waals surface area contributed by atoms with Crippen LogP contribution in [0, 0.1) is 0 Å². The van der Waals surface area contributed by atoms with Gasteiger partial charge in [-0.15, -0.1) is 9.24 Å². The largest absolute Gasteiger partial charge is 0.445 e. The van der Waals surface area contributed by atoms with Gasteiger partial charge in [-0.25, -0.2) is 4.79 Å². The number of rotatable bonds is 5. The Labute approximate surface area is 103 Å². The maximum absolute atomic E-state index is 11.3. The summed E-state index contributed by atoms with van der Waals surface area (Å²) < 4.78 is 4.98. The number of ketones is 1. The highest BCUT2D eigenvalue weighted by Gasteiger charge is 2.14. The monoisotopic (exact) mass is 253 g/mol. The van der Waals surface area contributed by atoms with Crippen molar-refractivity contribution in [3.05, 3.63) is 35.9 Å². The third-order valence-corrected chi connectivity index (χ3v) is 2.72. The van der Waals surface area contributed by atoms with Crippen LogP contribution in [0.1, 0.15) is 18.9 Å². The molecule has 1 rings (SSSR count). The molecule has 1 aromatic carbocycles. The summed E-state index contributed by atoms with van der Waals surface area (Å²) in [5.41, 5.74) is 0.907. The molecule has 0 heterocycles. The predicted molar refractivity (Wildman–Crippen MR) is 68.6 cm³/mol. The van der Waals surface area contributed by atoms with Crippen LogP contribution >= 0.6 is 9.24 Å². The molecule has 0 aliphatic carbocycles. The minimum Gasteiger partial charge on any atom is -0.445 e. The van der Waals surface area contributed by atoms with Crippen molar-refractivity contribution < 1.29 is 14.3 Å². The second-order valence-corrected chi connectivity index (χ2v) is 4.17. The Kier molecular flexibility index (Phi) is 5.64. The smallest absolute Gasteiger partial charge is 0.408 e. The molecule has 2 unspecified atom stereocenters. The van der Waals surface area contributed by atoms with Crippen LogP contribution in [0.3, 0.4) is 0 Å². The van der Waals surface area contributed by atoms with Crippen molar-refractivity contribution in [1.29, 1.82) is 0 Å². The lowest BCUT2D eigenvalue weighted by molar-refractivity contribution is -0.118. The number of alkyl carbamates (subject to hydrolysis) is 1. The zero-order valence-corrected chi connectivity index (χ0v) is 10.8. The van der Waals surface area contributed by atoms with Gasteiger partial charge < -0.3 is 10.1 Å². The fraction of sp³-hybridized carbons (Fsp3) is 0.333. The molecule has 0 fully saturated rings. The molecule has 1 aromatic rings. The van der Waals surface area contributed by atoms with E-state index in [0.717, 1.165) is 5.56 Å². The standard InChI is InChI=1S/C12H16NO3P/c1-2-10(14)11(17)13-12(15)16-8-9-6-4-3-5-7-9/h3-7,11H,2,8,17H2,1H3,(H,13,15). The van der Waals surface area contributed by atoms with E-state index in [9.17, 15) is 9.59 Å². The van der Waals surface area contributed by atoms with Gasteiger partial charge in [-0.05, 0) is 5.56 Å². The molecular weight excluding hydrogens is 237 g/mol. The molecule has 0 radical (unpaired) electrons. The minimum absolute atomic E-state index is 0.0494. The number of benzene rings is 1. The first-order valence-electron chi connectivity index (χ1n) is 5.39. The molecule has 1 amide bonds. The Morgan fingerprint density at radius 3 is 2.59 bits per heavy atom. The molecule has 17 heavy (non-hydrogen) atoms. The van der Waals surface area contributed by atoms with Crippen molar-refractivity contribution in [3.63, 3.8) is 0 Å². The number of Topliss-reactive ketones (excluding diaryl/α,β-unsaturated/α-hetero) is 1. The molecule has 4 nitrogen and oxygen atoms in total. The second kappa shape index (κ2) is 7.02. The van der Waals surface area contributed by atoms with Crippen LogP contribution in [-0.4, -0.2) is 17.7 Å². The average Bonchev–Trinajstić information content (AvgIpc) is 2.36. The van der Waals surface area contributed by atoms with Crippen LogP contribution in [0.4, 0.5) is 4.79 Å². The molecule has 0 aromatic heterocycles. The summed E-state index contributed by atoms with van der Waals surface area (Å²) in [6, 6.07) is 9.36. The Balaban J connectivity index is 2.33. The Morgan fingerprint density at radius 1 is 1.35 bits per heavy atom. The van der Waals surface area contributed by atoms with E-state index >= 15 is 0 Å². The van der Waals surface area contributed by atoms with E-state index in [2.05, 4.69) is 14.6 Å². The fourth-order valence-electron chi connectivity index (χ4n) is 1.19. The number of amides is 1. The molecule has 92 valence electrons. The molecule has 0 aliphatic rings. The van der Waals surface area contributed by atoms with Gasteiger partial charge in [-0.2, -0.15) is 0 Å². The van der Waals surface area contributed by atoms with E-state index in [-0.39, 0.29) is 12.4 Å². The van der Waals surface area contributed by atoms with Gasteiger partial charge in [0.1, 0.15) is 12.4 Å². The molecule has 0 aliphatic heterocycles. The van der Waals surface area contributed by atoms with Crippen LogP contribution in [0.15, 0.2) is 30.3 Å². The molecule has 0 saturated heterocycles. The maximum atomic E-state index is 11.3. The van der Waals surface area contributed by atoms with Crippen LogP contribution in [0.5, 0.6) is 0 Å². The van der Waals surface area contributed by atoms with E-state index in [4.69, 9.17) is 4.74 Å². The zero-order valence-electron chi connectivity index (χ0n) is 9.68. The average molecular weight is 253 g/mol. The quantitative estimate of drug-likeness (QED) is 0.817. The molecule has 1 N–H and O–H groups in total. The second-order valence-electron chi connectivity index (χ2n) is 3.50. The predicted octanol–water partition coefficient (Wildman–Crippen LogP) is 2.09. The number of carbonyl (C=O) groups excluding carboxylic acids is 2. The molecule has 0 spiro atoms. The number of nitrogens with one attached hydrogen (secondary N) is 1. The van der Waals surface area contributed by atoms with Crippen molar-refractivity contribution >= 4 is 21.1 Å². The number of carbonyl (C=O) groups is 2. The van der Waals surface area contributed by atoms with Gasteiger partial charge in [0.25, 0.3) is 0 Å². The van der Waals surface area contributed by atoms with Crippen molar-refractivity contribution in [1.82, 2.24) is 5.32 Å². The Bertz CT molecular complexity index is 381. The highest BCUT2D eigenvalue weighted by Crippen LogP contribution is 2.03. The van der Waals surface area contributed by atoms with Crippen LogP contribution in [0.25, 0.3) is 0 Å². The number of hydrogen-bond donors (Lipinski definition) is 1. The van der Waals surface area contributed by atoms with Gasteiger partial charge in [-0.1, -0.05) is 37.3 Å². The van der Waals surface area contributed by atoms with Crippen LogP contribution < -0.4 is 5.32 Å². The summed E-state index contributed by atoms with van der Waals surface area (Å²) in [6.45, 7) is 1.95. The van der Waals surface area contributed by atoms with Crippen molar-refractivity contribution in [3.8, 4) is 0 Å². The fourth-order valence-corrected chi connectivity index (χ4v) is 1.56. The first kappa shape index (κ1) is 13.7. The van der Waals surface area contributed by atoms with Crippen LogP contribution in [-0.2, 0) is 16.1 Å². The first-order valence-corrected chi connectivity index (χ1v) is 6.05. The molecule has 5 heteroatoms.